The third kappa shape index (κ3) is 7.80. The van der Waals surface area contributed by atoms with Crippen molar-refractivity contribution >= 4 is 40.3 Å². The average molecular weight is 710 g/mol. The van der Waals surface area contributed by atoms with Crippen molar-refractivity contribution < 1.29 is 40.9 Å². The first-order valence-electron chi connectivity index (χ1n) is 16.1. The number of hydrogen-bond donors (Lipinski definition) is 3. The largest absolute Gasteiger partial charge is 0.497 e. The van der Waals surface area contributed by atoms with Crippen molar-refractivity contribution in [3.63, 3.8) is 0 Å². The molecule has 4 amide bonds. The van der Waals surface area contributed by atoms with Crippen LogP contribution in [0.15, 0.2) is 71.5 Å². The monoisotopic (exact) mass is 709 g/mol. The summed E-state index contributed by atoms with van der Waals surface area (Å²) < 4.78 is 30.8. The Balaban J connectivity index is 0.00000378. The Kier molecular flexibility index (Phi) is 11.2. The molecule has 4 aromatic rings. The summed E-state index contributed by atoms with van der Waals surface area (Å²) in [4.78, 5) is 61.5. The van der Waals surface area contributed by atoms with E-state index in [0.717, 1.165) is 7.11 Å². The van der Waals surface area contributed by atoms with Crippen LogP contribution in [0.4, 0.5) is 25.4 Å². The number of nitrogens with one attached hydrogen (secondary N) is 2. The van der Waals surface area contributed by atoms with Gasteiger partial charge >= 0.3 is 12.1 Å². The van der Waals surface area contributed by atoms with E-state index in [1.54, 1.807) is 54.4 Å². The van der Waals surface area contributed by atoms with Crippen molar-refractivity contribution in [3.05, 3.63) is 88.7 Å². The number of benzene rings is 3. The number of para-hydroxylation sites is 1. The summed E-state index contributed by atoms with van der Waals surface area (Å²) in [6, 6.07) is 14.3. The lowest BCUT2D eigenvalue weighted by atomic mass is 10.1. The number of halogens is 1. The Morgan fingerprint density at radius 2 is 1.65 bits per heavy atom. The minimum atomic E-state index is -1.24. The van der Waals surface area contributed by atoms with Gasteiger partial charge in [-0.25, -0.2) is 23.6 Å². The van der Waals surface area contributed by atoms with Gasteiger partial charge in [0, 0.05) is 27.7 Å². The number of carbonyl (C=O) groups excluding carboxylic acids is 3. The van der Waals surface area contributed by atoms with Crippen molar-refractivity contribution in [3.8, 4) is 11.5 Å². The van der Waals surface area contributed by atoms with Crippen LogP contribution in [0.3, 0.4) is 0 Å². The number of methoxy groups -OCH3 is 3. The first-order chi connectivity index (χ1) is 24.5. The van der Waals surface area contributed by atoms with E-state index in [1.807, 2.05) is 0 Å². The molecule has 1 fully saturated rings. The number of alkyl carbamates (subject to hydrolysis) is 1. The summed E-state index contributed by atoms with van der Waals surface area (Å²) in [6.07, 6.45) is -2.06. The molecule has 2 heterocycles. The SMILES string of the molecule is COC(=O)N[C@H](C(=O)N1CCN(n2c(C(C)N(C(=O)Nc3ccc(F)cc3)c3ccc(OC)cc3OC)nc3ccccc3c2=O)CC1)[C@H](C)O.[HH].[HH]. The molecule has 16 heteroatoms. The number of amides is 4. The zero-order valence-corrected chi connectivity index (χ0v) is 28.8. The van der Waals surface area contributed by atoms with Gasteiger partial charge in [0.15, 0.2) is 5.82 Å². The first-order valence-corrected chi connectivity index (χ1v) is 16.1. The van der Waals surface area contributed by atoms with Crippen LogP contribution in [0.1, 0.15) is 28.6 Å². The third-order valence-electron chi connectivity index (χ3n) is 8.56. The molecule has 274 valence electrons. The fourth-order valence-corrected chi connectivity index (χ4v) is 5.88. The number of aliphatic hydroxyl groups excluding tert-OH is 1. The third-order valence-corrected chi connectivity index (χ3v) is 8.56. The number of nitrogens with zero attached hydrogens (tertiary/aromatic N) is 5. The molecule has 1 aromatic heterocycles. The number of rotatable bonds is 10. The average Bonchev–Trinajstić information content (AvgIpc) is 3.14. The summed E-state index contributed by atoms with van der Waals surface area (Å²) in [5, 5.41) is 17.5. The quantitative estimate of drug-likeness (QED) is 0.221. The van der Waals surface area contributed by atoms with E-state index in [4.69, 9.17) is 14.5 Å². The number of carbonyl (C=O) groups is 3. The van der Waals surface area contributed by atoms with Gasteiger partial charge in [0.1, 0.15) is 23.4 Å². The molecule has 1 unspecified atom stereocenters. The molecule has 0 bridgehead atoms. The van der Waals surface area contributed by atoms with Gasteiger partial charge in [0.05, 0.1) is 63.2 Å². The zero-order valence-electron chi connectivity index (χ0n) is 28.8. The van der Waals surface area contributed by atoms with E-state index in [9.17, 15) is 28.7 Å². The van der Waals surface area contributed by atoms with Gasteiger partial charge in [-0.2, -0.15) is 0 Å². The Hall–Kier alpha value is -5.90. The van der Waals surface area contributed by atoms with Gasteiger partial charge in [0.2, 0.25) is 5.91 Å². The molecular weight excluding hydrogens is 665 g/mol. The fourth-order valence-electron chi connectivity index (χ4n) is 5.88. The lowest BCUT2D eigenvalue weighted by molar-refractivity contribution is -0.136. The van der Waals surface area contributed by atoms with Gasteiger partial charge in [-0.3, -0.25) is 14.5 Å². The number of anilines is 2. The molecule has 3 atom stereocenters. The van der Waals surface area contributed by atoms with Crippen molar-refractivity contribution in [2.24, 2.45) is 0 Å². The predicted molar refractivity (Wildman–Crippen MR) is 192 cm³/mol. The fraction of sp³-hybridized carbons (Fsp3) is 0.343. The van der Waals surface area contributed by atoms with Crippen molar-refractivity contribution in [1.29, 1.82) is 0 Å². The van der Waals surface area contributed by atoms with Crippen LogP contribution in [-0.4, -0.2) is 97.4 Å². The molecule has 0 spiro atoms. The number of fused-ring (bicyclic) bond motifs is 1. The van der Waals surface area contributed by atoms with Crippen LogP contribution in [0.2, 0.25) is 0 Å². The Bertz CT molecular complexity index is 1960. The molecule has 15 nitrogen and oxygen atoms in total. The first kappa shape index (κ1) is 36.4. The van der Waals surface area contributed by atoms with E-state index in [0.29, 0.717) is 33.8 Å². The van der Waals surface area contributed by atoms with E-state index in [-0.39, 0.29) is 34.9 Å². The summed E-state index contributed by atoms with van der Waals surface area (Å²) in [5.74, 6) is 0.00504. The van der Waals surface area contributed by atoms with Gasteiger partial charge in [-0.05, 0) is 62.4 Å². The Morgan fingerprint density at radius 1 is 0.961 bits per heavy atom. The highest BCUT2D eigenvalue weighted by atomic mass is 19.1. The number of ether oxygens (including phenoxy) is 3. The molecule has 0 saturated carbocycles. The smallest absolute Gasteiger partial charge is 0.407 e. The van der Waals surface area contributed by atoms with Crippen LogP contribution in [-0.2, 0) is 9.53 Å². The lowest BCUT2D eigenvalue weighted by Crippen LogP contribution is -2.61. The van der Waals surface area contributed by atoms with Crippen molar-refractivity contribution in [1.82, 2.24) is 19.9 Å². The summed E-state index contributed by atoms with van der Waals surface area (Å²) in [5.41, 5.74) is 0.672. The van der Waals surface area contributed by atoms with Crippen LogP contribution >= 0.6 is 0 Å². The van der Waals surface area contributed by atoms with Crippen LogP contribution in [0.5, 0.6) is 11.5 Å². The maximum atomic E-state index is 14.3. The minimum Gasteiger partial charge on any atom is -0.497 e. The number of hydrogen-bond acceptors (Lipinski definition) is 10. The molecular formula is C35H44FN7O8. The van der Waals surface area contributed by atoms with E-state index in [1.165, 1.54) is 59.9 Å². The van der Waals surface area contributed by atoms with Crippen LogP contribution in [0.25, 0.3) is 10.9 Å². The molecule has 51 heavy (non-hydrogen) atoms. The van der Waals surface area contributed by atoms with Crippen LogP contribution in [0, 0.1) is 5.82 Å². The molecule has 3 aromatic carbocycles. The molecule has 1 aliphatic rings. The number of aromatic nitrogens is 2. The van der Waals surface area contributed by atoms with Gasteiger partial charge in [-0.15, -0.1) is 0 Å². The Labute approximate surface area is 296 Å². The number of piperazine rings is 1. The van der Waals surface area contributed by atoms with Crippen molar-refractivity contribution in [2.75, 3.05) is 62.7 Å². The Morgan fingerprint density at radius 3 is 2.27 bits per heavy atom. The molecule has 3 N–H and O–H groups in total. The molecule has 0 radical (unpaired) electrons. The highest BCUT2D eigenvalue weighted by Crippen LogP contribution is 2.37. The van der Waals surface area contributed by atoms with Gasteiger partial charge < -0.3 is 39.9 Å². The van der Waals surface area contributed by atoms with E-state index < -0.39 is 47.6 Å². The summed E-state index contributed by atoms with van der Waals surface area (Å²) in [7, 11) is 4.11. The topological polar surface area (TPSA) is 168 Å². The number of aliphatic hydroxyl groups is 1. The number of urea groups is 1. The van der Waals surface area contributed by atoms with Crippen LogP contribution < -0.4 is 35.6 Å². The minimum absolute atomic E-state index is 0. The highest BCUT2D eigenvalue weighted by molar-refractivity contribution is 6.03. The maximum absolute atomic E-state index is 14.3. The second-order valence-corrected chi connectivity index (χ2v) is 11.8. The van der Waals surface area contributed by atoms with E-state index >= 15 is 0 Å². The molecule has 0 aliphatic carbocycles. The molecule has 5 rings (SSSR count). The lowest BCUT2D eigenvalue weighted by Gasteiger charge is -2.40. The maximum Gasteiger partial charge on any atom is 0.407 e. The van der Waals surface area contributed by atoms with Gasteiger partial charge in [-0.1, -0.05) is 12.1 Å². The second-order valence-electron chi connectivity index (χ2n) is 11.8. The normalized spacial score (nSPS) is 14.6. The summed E-state index contributed by atoms with van der Waals surface area (Å²) in [6.45, 7) is 3.72. The van der Waals surface area contributed by atoms with E-state index in [2.05, 4.69) is 15.4 Å². The van der Waals surface area contributed by atoms with Gasteiger partial charge in [0.25, 0.3) is 5.56 Å². The van der Waals surface area contributed by atoms with Crippen molar-refractivity contribution in [2.45, 2.75) is 32.0 Å². The summed E-state index contributed by atoms with van der Waals surface area (Å²) >= 11 is 0. The predicted octanol–water partition coefficient (Wildman–Crippen LogP) is 3.73. The second kappa shape index (κ2) is 15.8. The zero-order chi connectivity index (χ0) is 36.8. The standard InChI is InChI=1S/C35H40FN7O8.2H2/c1-21(42(28-15-14-25(49-3)20-29(28)50-4)34(47)37-24-12-10-23(36)11-13-24)31-38-27-9-7-6-8-26(27)32(45)43(31)41-18-16-40(17-19-41)33(46)30(22(2)44)39-35(48)51-5;;/h6-15,20-22,30,44H,16-19H2,1-5H3,(H,37,47)(H,39,48);2*1H/t21?,22-,30-;;/m0../s1. The molecule has 1 saturated heterocycles. The highest BCUT2D eigenvalue weighted by Gasteiger charge is 2.35. The molecule has 1 aliphatic heterocycles.